The molecule has 0 saturated carbocycles. The molecule has 0 aliphatic carbocycles. The number of rotatable bonds is 5. The van der Waals surface area contributed by atoms with Crippen LogP contribution in [0.5, 0.6) is 0 Å². The fraction of sp³-hybridized carbons (Fsp3) is 0.280. The molecule has 5 nitrogen and oxygen atoms in total. The van der Waals surface area contributed by atoms with Crippen molar-refractivity contribution in [3.8, 4) is 16.9 Å². The molecule has 0 unspecified atom stereocenters. The van der Waals surface area contributed by atoms with Crippen LogP contribution in [0.1, 0.15) is 25.1 Å². The van der Waals surface area contributed by atoms with Crippen molar-refractivity contribution in [3.05, 3.63) is 86.4 Å². The summed E-state index contributed by atoms with van der Waals surface area (Å²) in [4.78, 5) is 19.0. The Morgan fingerprint density at radius 1 is 1.00 bits per heavy atom. The van der Waals surface area contributed by atoms with Crippen LogP contribution in [0.2, 0.25) is 0 Å². The molecule has 0 amide bonds. The molecule has 31 heavy (non-hydrogen) atoms. The first kappa shape index (κ1) is 21.1. The quantitative estimate of drug-likeness (QED) is 0.427. The zero-order chi connectivity index (χ0) is 22.1. The van der Waals surface area contributed by atoms with Crippen LogP contribution >= 0.6 is 11.3 Å². The van der Waals surface area contributed by atoms with E-state index in [-0.39, 0.29) is 5.56 Å². The lowest BCUT2D eigenvalue weighted by Gasteiger charge is -2.11. The van der Waals surface area contributed by atoms with Crippen LogP contribution in [0.4, 0.5) is 5.69 Å². The average molecular weight is 433 g/mol. The van der Waals surface area contributed by atoms with Gasteiger partial charge in [0.05, 0.1) is 17.1 Å². The average Bonchev–Trinajstić information content (AvgIpc) is 3.23. The van der Waals surface area contributed by atoms with Gasteiger partial charge in [0.15, 0.2) is 10.5 Å². The lowest BCUT2D eigenvalue weighted by atomic mass is 10.1. The van der Waals surface area contributed by atoms with E-state index in [1.807, 2.05) is 49.0 Å². The lowest BCUT2D eigenvalue weighted by molar-refractivity contribution is 0.518. The van der Waals surface area contributed by atoms with E-state index in [2.05, 4.69) is 55.0 Å². The zero-order valence-corrected chi connectivity index (χ0v) is 19.5. The van der Waals surface area contributed by atoms with Gasteiger partial charge in [-0.2, -0.15) is 0 Å². The number of aromatic nitrogens is 3. The van der Waals surface area contributed by atoms with Gasteiger partial charge < -0.3 is 4.57 Å². The first-order valence-corrected chi connectivity index (χ1v) is 11.4. The molecule has 0 aliphatic rings. The first-order valence-electron chi connectivity index (χ1n) is 10.5. The van der Waals surface area contributed by atoms with Crippen LogP contribution in [0.3, 0.4) is 0 Å². The zero-order valence-electron chi connectivity index (χ0n) is 18.7. The lowest BCUT2D eigenvalue weighted by Crippen LogP contribution is -2.21. The highest BCUT2D eigenvalue weighted by molar-refractivity contribution is 7.07. The van der Waals surface area contributed by atoms with Gasteiger partial charge in [-0.1, -0.05) is 61.9 Å². The Hall–Kier alpha value is -3.12. The molecule has 0 fully saturated rings. The number of aryl methyl sites for hydroxylation is 1. The van der Waals surface area contributed by atoms with Crippen LogP contribution in [0, 0.1) is 19.8 Å². The summed E-state index contributed by atoms with van der Waals surface area (Å²) in [6, 6.07) is 18.2. The van der Waals surface area contributed by atoms with Crippen molar-refractivity contribution in [2.75, 3.05) is 0 Å². The van der Waals surface area contributed by atoms with Crippen molar-refractivity contribution in [2.24, 2.45) is 18.0 Å². The van der Waals surface area contributed by atoms with E-state index in [1.54, 1.807) is 16.0 Å². The van der Waals surface area contributed by atoms with Gasteiger partial charge in [-0.25, -0.2) is 9.67 Å². The molecule has 2 aromatic heterocycles. The molecule has 4 rings (SSSR count). The number of benzene rings is 2. The van der Waals surface area contributed by atoms with Gasteiger partial charge in [0.2, 0.25) is 0 Å². The molecule has 2 heterocycles. The molecule has 6 heteroatoms. The maximum Gasteiger partial charge on any atom is 0.297 e. The molecule has 160 valence electrons. The third-order valence-corrected chi connectivity index (χ3v) is 6.29. The van der Waals surface area contributed by atoms with Gasteiger partial charge in [-0.3, -0.25) is 9.48 Å². The molecule has 2 aromatic carbocycles. The Bertz CT molecular complexity index is 1320. The molecule has 4 aromatic rings. The Balaban J connectivity index is 1.90. The van der Waals surface area contributed by atoms with Crippen molar-refractivity contribution in [1.82, 2.24) is 13.9 Å². The molecule has 0 spiro atoms. The van der Waals surface area contributed by atoms with Gasteiger partial charge in [-0.15, -0.1) is 11.3 Å². The standard InChI is InChI=1S/C25H28N4OS/c1-17(2)15-28-22(20-13-11-18(3)12-14-20)16-31-25(28)26-23-19(4)27(5)29(24(23)30)21-9-7-6-8-10-21/h6-14,16-17H,15H2,1-5H3. The van der Waals surface area contributed by atoms with E-state index in [9.17, 15) is 4.79 Å². The first-order chi connectivity index (χ1) is 14.9. The Morgan fingerprint density at radius 2 is 1.68 bits per heavy atom. The fourth-order valence-electron chi connectivity index (χ4n) is 3.69. The maximum absolute atomic E-state index is 13.3. The second-order valence-electron chi connectivity index (χ2n) is 8.30. The Morgan fingerprint density at radius 3 is 2.32 bits per heavy atom. The second-order valence-corrected chi connectivity index (χ2v) is 9.13. The number of hydrogen-bond donors (Lipinski definition) is 0. The summed E-state index contributed by atoms with van der Waals surface area (Å²) in [6.45, 7) is 9.27. The minimum Gasteiger partial charge on any atom is -0.316 e. The second kappa shape index (κ2) is 8.55. The van der Waals surface area contributed by atoms with Crippen molar-refractivity contribution < 1.29 is 0 Å². The van der Waals surface area contributed by atoms with Crippen molar-refractivity contribution in [3.63, 3.8) is 0 Å². The SMILES string of the molecule is Cc1ccc(-c2csc(=Nc3c(C)n(C)n(-c4ccccc4)c3=O)n2CC(C)C)cc1. The number of nitrogens with zero attached hydrogens (tertiary/aromatic N) is 4. The molecule has 0 bridgehead atoms. The normalized spacial score (nSPS) is 12.1. The fourth-order valence-corrected chi connectivity index (χ4v) is 4.62. The van der Waals surface area contributed by atoms with E-state index in [0.29, 0.717) is 11.6 Å². The van der Waals surface area contributed by atoms with E-state index >= 15 is 0 Å². The minimum atomic E-state index is -0.104. The Labute approximate surface area is 186 Å². The largest absolute Gasteiger partial charge is 0.316 e. The van der Waals surface area contributed by atoms with E-state index < -0.39 is 0 Å². The summed E-state index contributed by atoms with van der Waals surface area (Å²) in [5.74, 6) is 0.454. The molecule has 0 N–H and O–H groups in total. The molecule has 0 saturated heterocycles. The summed E-state index contributed by atoms with van der Waals surface area (Å²) >= 11 is 1.58. The minimum absolute atomic E-state index is 0.104. The summed E-state index contributed by atoms with van der Waals surface area (Å²) in [7, 11) is 1.90. The van der Waals surface area contributed by atoms with Crippen molar-refractivity contribution >= 4 is 17.0 Å². The van der Waals surface area contributed by atoms with E-state index in [1.165, 1.54) is 5.56 Å². The van der Waals surface area contributed by atoms with Crippen molar-refractivity contribution in [2.45, 2.75) is 34.2 Å². The molecule has 0 atom stereocenters. The molecule has 0 radical (unpaired) electrons. The highest BCUT2D eigenvalue weighted by Gasteiger charge is 2.17. The highest BCUT2D eigenvalue weighted by Crippen LogP contribution is 2.23. The number of para-hydroxylation sites is 1. The van der Waals surface area contributed by atoms with Gasteiger partial charge >= 0.3 is 0 Å². The van der Waals surface area contributed by atoms with Crippen molar-refractivity contribution in [1.29, 1.82) is 0 Å². The van der Waals surface area contributed by atoms with Crippen LogP contribution < -0.4 is 10.4 Å². The van der Waals surface area contributed by atoms with E-state index in [4.69, 9.17) is 4.99 Å². The predicted octanol–water partition coefficient (Wildman–Crippen LogP) is 5.21. The molecular formula is C25H28N4OS. The van der Waals surface area contributed by atoms with Crippen LogP contribution in [0.25, 0.3) is 16.9 Å². The van der Waals surface area contributed by atoms with Gasteiger partial charge in [0.25, 0.3) is 5.56 Å². The monoisotopic (exact) mass is 432 g/mol. The molecular weight excluding hydrogens is 404 g/mol. The summed E-state index contributed by atoms with van der Waals surface area (Å²) in [6.07, 6.45) is 0. The van der Waals surface area contributed by atoms with Crippen LogP contribution in [0.15, 0.2) is 69.8 Å². The Kier molecular flexibility index (Phi) is 5.83. The molecule has 0 aliphatic heterocycles. The highest BCUT2D eigenvalue weighted by atomic mass is 32.1. The van der Waals surface area contributed by atoms with Gasteiger partial charge in [0, 0.05) is 19.0 Å². The van der Waals surface area contributed by atoms with Crippen LogP contribution in [-0.4, -0.2) is 13.9 Å². The van der Waals surface area contributed by atoms with Crippen LogP contribution in [-0.2, 0) is 13.6 Å². The summed E-state index contributed by atoms with van der Waals surface area (Å²) in [5, 5.41) is 2.14. The predicted molar refractivity (Wildman–Crippen MR) is 128 cm³/mol. The maximum atomic E-state index is 13.3. The third-order valence-electron chi connectivity index (χ3n) is 5.42. The van der Waals surface area contributed by atoms with Gasteiger partial charge in [0.1, 0.15) is 0 Å². The van der Waals surface area contributed by atoms with Gasteiger partial charge in [-0.05, 0) is 37.5 Å². The number of thiazole rings is 1. The topological polar surface area (TPSA) is 44.2 Å². The van der Waals surface area contributed by atoms with E-state index in [0.717, 1.165) is 34.0 Å². The summed E-state index contributed by atoms with van der Waals surface area (Å²) < 4.78 is 5.78. The third kappa shape index (κ3) is 4.08. The summed E-state index contributed by atoms with van der Waals surface area (Å²) in [5.41, 5.74) is 5.59. The smallest absolute Gasteiger partial charge is 0.297 e. The number of hydrogen-bond acceptors (Lipinski definition) is 3.